The zero-order chi connectivity index (χ0) is 12.3. The van der Waals surface area contributed by atoms with Gasteiger partial charge in [-0.2, -0.15) is 0 Å². The van der Waals surface area contributed by atoms with Crippen molar-refractivity contribution in [1.29, 1.82) is 0 Å². The van der Waals surface area contributed by atoms with Gasteiger partial charge in [0, 0.05) is 5.69 Å². The molecule has 0 aliphatic heterocycles. The number of halogens is 2. The Morgan fingerprint density at radius 2 is 1.94 bits per heavy atom. The molecule has 3 nitrogen and oxygen atoms in total. The van der Waals surface area contributed by atoms with E-state index in [1.165, 1.54) is 29.4 Å². The predicted molar refractivity (Wildman–Crippen MR) is 68.2 cm³/mol. The van der Waals surface area contributed by atoms with Crippen molar-refractivity contribution in [3.63, 3.8) is 0 Å². The first-order valence-electron chi connectivity index (χ1n) is 4.62. The Bertz CT molecular complexity index is 532. The Labute approximate surface area is 108 Å². The van der Waals surface area contributed by atoms with Crippen LogP contribution in [0.4, 0.5) is 15.9 Å². The predicted octanol–water partition coefficient (Wildman–Crippen LogP) is 3.24. The number of rotatable bonds is 3. The molecule has 0 atom stereocenters. The van der Waals surface area contributed by atoms with E-state index in [1.807, 2.05) is 0 Å². The van der Waals surface area contributed by atoms with Crippen molar-refractivity contribution in [3.8, 4) is 0 Å². The summed E-state index contributed by atoms with van der Waals surface area (Å²) < 4.78 is 12.8. The summed E-state index contributed by atoms with van der Waals surface area (Å²) >= 11 is 10.5. The van der Waals surface area contributed by atoms with Gasteiger partial charge in [0.15, 0.2) is 5.82 Å². The maximum absolute atomic E-state index is 12.8. The van der Waals surface area contributed by atoms with E-state index in [4.69, 9.17) is 23.8 Å². The molecule has 1 heterocycles. The van der Waals surface area contributed by atoms with Crippen LogP contribution in [0.25, 0.3) is 0 Å². The second-order valence-electron chi connectivity index (χ2n) is 3.10. The van der Waals surface area contributed by atoms with Gasteiger partial charge in [-0.1, -0.05) is 23.8 Å². The number of thiocarbonyl (C=S) groups is 1. The highest BCUT2D eigenvalue weighted by atomic mass is 35.5. The van der Waals surface area contributed by atoms with Gasteiger partial charge < -0.3 is 0 Å². The van der Waals surface area contributed by atoms with E-state index in [0.717, 1.165) is 0 Å². The van der Waals surface area contributed by atoms with Crippen molar-refractivity contribution in [2.24, 2.45) is 0 Å². The van der Waals surface area contributed by atoms with Crippen LogP contribution in [0.3, 0.4) is 0 Å². The van der Waals surface area contributed by atoms with Gasteiger partial charge in [0.2, 0.25) is 0 Å². The van der Waals surface area contributed by atoms with Gasteiger partial charge >= 0.3 is 0 Å². The summed E-state index contributed by atoms with van der Waals surface area (Å²) in [5.74, 6) is 0.106. The lowest BCUT2D eigenvalue weighted by Gasteiger charge is -2.16. The van der Waals surface area contributed by atoms with Gasteiger partial charge in [-0.05, 0) is 24.3 Å². The maximum Gasteiger partial charge on any atom is 0.158 e. The molecule has 0 N–H and O–H groups in total. The monoisotopic (exact) mass is 266 g/mol. The Hall–Kier alpha value is -1.59. The number of aromatic nitrogens is 2. The molecule has 0 aliphatic carbocycles. The third-order valence-electron chi connectivity index (χ3n) is 2.00. The van der Waals surface area contributed by atoms with Crippen LogP contribution in [0.5, 0.6) is 0 Å². The molecule has 0 unspecified atom stereocenters. The fourth-order valence-electron chi connectivity index (χ4n) is 1.26. The van der Waals surface area contributed by atoms with Crippen LogP contribution in [-0.4, -0.2) is 15.5 Å². The second kappa shape index (κ2) is 5.16. The zero-order valence-electron chi connectivity index (χ0n) is 8.47. The molecule has 2 aromatic rings. The molecule has 0 amide bonds. The summed E-state index contributed by atoms with van der Waals surface area (Å²) in [6, 6.07) is 5.79. The van der Waals surface area contributed by atoms with Crippen LogP contribution in [0.1, 0.15) is 0 Å². The van der Waals surface area contributed by atoms with Crippen LogP contribution >= 0.6 is 23.8 Å². The minimum Gasteiger partial charge on any atom is -0.282 e. The molecular formula is C11H6ClFN3S. The van der Waals surface area contributed by atoms with Crippen molar-refractivity contribution >= 4 is 40.8 Å². The summed E-state index contributed by atoms with van der Waals surface area (Å²) in [5.41, 5.74) is 3.15. The number of anilines is 2. The number of hydrogen-bond acceptors (Lipinski definition) is 3. The summed E-state index contributed by atoms with van der Waals surface area (Å²) in [7, 11) is 0. The smallest absolute Gasteiger partial charge is 0.158 e. The van der Waals surface area contributed by atoms with E-state index in [0.29, 0.717) is 11.5 Å². The van der Waals surface area contributed by atoms with E-state index in [9.17, 15) is 4.39 Å². The number of benzene rings is 1. The fraction of sp³-hybridized carbons (Fsp3) is 0. The van der Waals surface area contributed by atoms with Gasteiger partial charge in [0.1, 0.15) is 16.5 Å². The molecule has 1 radical (unpaired) electrons. The summed E-state index contributed by atoms with van der Waals surface area (Å²) in [5, 5.41) is 0.250. The average molecular weight is 267 g/mol. The molecule has 1 aromatic carbocycles. The maximum atomic E-state index is 12.8. The van der Waals surface area contributed by atoms with Crippen LogP contribution in [0.2, 0.25) is 5.15 Å². The van der Waals surface area contributed by atoms with Gasteiger partial charge in [0.05, 0.1) is 12.4 Å². The van der Waals surface area contributed by atoms with Crippen LogP contribution in [0, 0.1) is 5.82 Å². The van der Waals surface area contributed by atoms with Crippen LogP contribution in [-0.2, 0) is 0 Å². The van der Waals surface area contributed by atoms with Crippen LogP contribution in [0.15, 0.2) is 36.7 Å². The van der Waals surface area contributed by atoms with E-state index >= 15 is 0 Å². The van der Waals surface area contributed by atoms with E-state index < -0.39 is 0 Å². The normalized spacial score (nSPS) is 10.0. The van der Waals surface area contributed by atoms with Gasteiger partial charge in [-0.3, -0.25) is 9.88 Å². The van der Waals surface area contributed by atoms with Crippen molar-refractivity contribution in [1.82, 2.24) is 9.97 Å². The first kappa shape index (κ1) is 11.9. The summed E-state index contributed by atoms with van der Waals surface area (Å²) in [6.07, 6.45) is 2.91. The molecule has 85 valence electrons. The third-order valence-corrected chi connectivity index (χ3v) is 2.36. The summed E-state index contributed by atoms with van der Waals surface area (Å²) in [6.45, 7) is 0. The van der Waals surface area contributed by atoms with Crippen molar-refractivity contribution in [3.05, 3.63) is 47.6 Å². The number of nitrogens with zero attached hydrogens (tertiary/aromatic N) is 3. The minimum atomic E-state index is -0.324. The van der Waals surface area contributed by atoms with E-state index in [-0.39, 0.29) is 11.0 Å². The Morgan fingerprint density at radius 3 is 2.53 bits per heavy atom. The lowest BCUT2D eigenvalue weighted by molar-refractivity contribution is 0.628. The highest BCUT2D eigenvalue weighted by Gasteiger charge is 2.09. The number of hydrogen-bond donors (Lipinski definition) is 0. The molecular weight excluding hydrogens is 261 g/mol. The Balaban J connectivity index is 2.40. The Morgan fingerprint density at radius 1 is 1.24 bits per heavy atom. The highest BCUT2D eigenvalue weighted by molar-refractivity contribution is 7.79. The van der Waals surface area contributed by atoms with E-state index in [1.54, 1.807) is 12.1 Å². The average Bonchev–Trinajstić information content (AvgIpc) is 2.33. The molecule has 0 aliphatic rings. The molecule has 0 fully saturated rings. The molecule has 1 aromatic heterocycles. The molecule has 0 spiro atoms. The van der Waals surface area contributed by atoms with Crippen LogP contribution < -0.4 is 4.90 Å². The standard InChI is InChI=1S/C11H6ClFN3S/c12-10-5-14-6-11(15-10)16(7-17)9-3-1-8(13)2-4-9/h1-6H. The Kier molecular flexibility index (Phi) is 3.61. The zero-order valence-corrected chi connectivity index (χ0v) is 10.0. The molecule has 0 bridgehead atoms. The van der Waals surface area contributed by atoms with Crippen molar-refractivity contribution in [2.45, 2.75) is 0 Å². The van der Waals surface area contributed by atoms with E-state index in [2.05, 4.69) is 15.5 Å². The molecule has 0 saturated heterocycles. The molecule has 6 heteroatoms. The highest BCUT2D eigenvalue weighted by Crippen LogP contribution is 2.22. The van der Waals surface area contributed by atoms with Gasteiger partial charge in [0.25, 0.3) is 0 Å². The molecule has 17 heavy (non-hydrogen) atoms. The lowest BCUT2D eigenvalue weighted by atomic mass is 10.3. The largest absolute Gasteiger partial charge is 0.282 e. The van der Waals surface area contributed by atoms with Crippen molar-refractivity contribution in [2.75, 3.05) is 4.90 Å². The lowest BCUT2D eigenvalue weighted by Crippen LogP contribution is -2.14. The quantitative estimate of drug-likeness (QED) is 0.630. The fourth-order valence-corrected chi connectivity index (χ4v) is 1.60. The first-order valence-corrected chi connectivity index (χ1v) is 5.40. The minimum absolute atomic E-state index is 0.250. The topological polar surface area (TPSA) is 29.0 Å². The van der Waals surface area contributed by atoms with Crippen molar-refractivity contribution < 1.29 is 4.39 Å². The first-order chi connectivity index (χ1) is 8.20. The summed E-state index contributed by atoms with van der Waals surface area (Å²) in [4.78, 5) is 9.41. The van der Waals surface area contributed by atoms with Gasteiger partial charge in [-0.15, -0.1) is 0 Å². The molecule has 0 saturated carbocycles. The molecule has 2 rings (SSSR count). The third kappa shape index (κ3) is 2.75. The van der Waals surface area contributed by atoms with Gasteiger partial charge in [-0.25, -0.2) is 9.37 Å². The SMILES string of the molecule is Fc1ccc(N([C]=S)c2cncc(Cl)n2)cc1. The second-order valence-corrected chi connectivity index (χ2v) is 3.67.